The number of unbranched alkanes of at least 4 members (excludes halogenated alkanes) is 1. The summed E-state index contributed by atoms with van der Waals surface area (Å²) >= 11 is 0. The minimum Gasteiger partial charge on any atom is -0.480 e. The lowest BCUT2D eigenvalue weighted by Crippen LogP contribution is -2.60. The Kier molecular flexibility index (Phi) is 18.0. The molecule has 77 heavy (non-hydrogen) atoms. The van der Waals surface area contributed by atoms with Gasteiger partial charge in [0.25, 0.3) is 0 Å². The van der Waals surface area contributed by atoms with Crippen LogP contribution < -0.4 is 49.5 Å². The quantitative estimate of drug-likeness (QED) is 0.0202. The largest absolute Gasteiger partial charge is 0.480 e. The number of aliphatic carboxylic acids is 1. The molecule has 18 N–H and O–H groups in total. The highest BCUT2D eigenvalue weighted by Crippen LogP contribution is 2.24. The van der Waals surface area contributed by atoms with Crippen LogP contribution >= 0.6 is 0 Å². The Labute approximate surface area is 443 Å². The van der Waals surface area contributed by atoms with Crippen molar-refractivity contribution in [3.8, 4) is 0 Å². The zero-order valence-corrected chi connectivity index (χ0v) is 42.4. The molecule has 0 spiro atoms. The van der Waals surface area contributed by atoms with Gasteiger partial charge >= 0.3 is 5.97 Å². The number of carboxylic acids is 1. The number of nitrogens with two attached hydrogens (primary N) is 4. The van der Waals surface area contributed by atoms with Crippen LogP contribution in [0.2, 0.25) is 0 Å². The van der Waals surface area contributed by atoms with E-state index in [4.69, 9.17) is 22.9 Å². The standard InChI is InChI=1S/C56H66N14O7/c57-22-10-9-16-40(58)50(71)67-46(24-32-28-62-41-17-5-1-12-36(32)41)53(74)69-48(26-34-30-64-43-19-7-3-14-38(34)43)54(75)68-47(25-33-29-63-42-18-6-2-13-37(33)42)52(73)66-45(21-11-23-61-56(59)60)51(72)70-49(55(76)77)27-35-31-65-44-20-8-4-15-39(35)44/h1-8,12-15,17-20,28-31,40,45-49,62-65H,9-11,16,21-27,57-58H2,(H,66,73)(H,67,71)(H,68,75)(H,69,74)(H,70,72)(H,76,77)(H4,59,60,61)/t40-,45-,46-,47-,48-,49-/m0/s1. The summed E-state index contributed by atoms with van der Waals surface area (Å²) in [5.74, 6) is -5.04. The number of nitrogens with one attached hydrogen (secondary N) is 9. The van der Waals surface area contributed by atoms with Crippen LogP contribution in [0.25, 0.3) is 43.6 Å². The van der Waals surface area contributed by atoms with Crippen LogP contribution in [-0.2, 0) is 54.5 Å². The minimum absolute atomic E-state index is 0.0268. The average molecular weight is 1050 g/mol. The van der Waals surface area contributed by atoms with Gasteiger partial charge in [0.15, 0.2) is 5.96 Å². The number of carbonyl (C=O) groups is 6. The van der Waals surface area contributed by atoms with Crippen LogP contribution in [-0.4, -0.2) is 116 Å². The number of rotatable bonds is 27. The number of amides is 5. The maximum atomic E-state index is 15.2. The third-order valence-corrected chi connectivity index (χ3v) is 13.8. The fraction of sp³-hybridized carbons (Fsp3) is 0.304. The van der Waals surface area contributed by atoms with Gasteiger partial charge in [-0.15, -0.1) is 0 Å². The predicted molar refractivity (Wildman–Crippen MR) is 296 cm³/mol. The molecule has 0 aliphatic rings. The molecule has 0 aliphatic heterocycles. The lowest BCUT2D eigenvalue weighted by molar-refractivity contribution is -0.142. The number of nitrogens with zero attached hydrogens (tertiary/aromatic N) is 1. The van der Waals surface area contributed by atoms with Crippen molar-refractivity contribution >= 4 is 85.1 Å². The highest BCUT2D eigenvalue weighted by atomic mass is 16.4. The molecule has 6 atom stereocenters. The van der Waals surface area contributed by atoms with Gasteiger partial charge in [0, 0.05) is 101 Å². The fourth-order valence-corrected chi connectivity index (χ4v) is 9.69. The second-order valence-electron chi connectivity index (χ2n) is 19.2. The summed E-state index contributed by atoms with van der Waals surface area (Å²) in [5, 5.41) is 27.7. The third-order valence-electron chi connectivity index (χ3n) is 13.8. The normalized spacial score (nSPS) is 13.8. The van der Waals surface area contributed by atoms with Crippen LogP contribution in [0.1, 0.15) is 54.4 Å². The van der Waals surface area contributed by atoms with E-state index in [0.717, 1.165) is 49.2 Å². The first-order valence-electron chi connectivity index (χ1n) is 25.7. The predicted octanol–water partition coefficient (Wildman–Crippen LogP) is 2.90. The Morgan fingerprint density at radius 2 is 0.792 bits per heavy atom. The molecule has 0 bridgehead atoms. The Balaban J connectivity index is 1.10. The van der Waals surface area contributed by atoms with E-state index in [1.165, 1.54) is 0 Å². The molecule has 21 heteroatoms. The lowest BCUT2D eigenvalue weighted by atomic mass is 9.99. The zero-order valence-electron chi connectivity index (χ0n) is 42.4. The molecule has 0 saturated heterocycles. The van der Waals surface area contributed by atoms with Crippen molar-refractivity contribution in [1.29, 1.82) is 0 Å². The maximum Gasteiger partial charge on any atom is 0.326 e. The van der Waals surface area contributed by atoms with Gasteiger partial charge in [0.1, 0.15) is 30.2 Å². The number of hydrogen-bond donors (Lipinski definition) is 14. The van der Waals surface area contributed by atoms with Crippen molar-refractivity contribution in [3.63, 3.8) is 0 Å². The molecule has 0 unspecified atom stereocenters. The molecule has 4 aromatic heterocycles. The van der Waals surface area contributed by atoms with E-state index in [1.807, 2.05) is 97.1 Å². The molecule has 0 fully saturated rings. The summed E-state index contributed by atoms with van der Waals surface area (Å²) in [6, 6.07) is 22.2. The van der Waals surface area contributed by atoms with Gasteiger partial charge in [0.2, 0.25) is 29.5 Å². The maximum absolute atomic E-state index is 15.2. The van der Waals surface area contributed by atoms with Crippen LogP contribution in [0.4, 0.5) is 0 Å². The van der Waals surface area contributed by atoms with E-state index >= 15 is 4.79 Å². The number of H-pyrrole nitrogens is 4. The highest BCUT2D eigenvalue weighted by Gasteiger charge is 2.34. The molecular weight excluding hydrogens is 981 g/mol. The fourth-order valence-electron chi connectivity index (χ4n) is 9.69. The molecule has 21 nitrogen and oxygen atoms in total. The molecule has 4 aromatic carbocycles. The van der Waals surface area contributed by atoms with Crippen molar-refractivity contribution in [3.05, 3.63) is 144 Å². The number of fused-ring (bicyclic) bond motifs is 4. The van der Waals surface area contributed by atoms with Crippen LogP contribution in [0.3, 0.4) is 0 Å². The summed E-state index contributed by atoms with van der Waals surface area (Å²) < 4.78 is 0. The smallest absolute Gasteiger partial charge is 0.326 e. The van der Waals surface area contributed by atoms with Gasteiger partial charge in [-0.1, -0.05) is 79.2 Å². The van der Waals surface area contributed by atoms with Gasteiger partial charge in [-0.05, 0) is 78.7 Å². The van der Waals surface area contributed by atoms with Crippen LogP contribution in [0.15, 0.2) is 127 Å². The van der Waals surface area contributed by atoms with E-state index in [2.05, 4.69) is 51.5 Å². The second kappa shape index (κ2) is 25.5. The first kappa shape index (κ1) is 54.3. The van der Waals surface area contributed by atoms with Gasteiger partial charge in [-0.3, -0.25) is 29.0 Å². The highest BCUT2D eigenvalue weighted by molar-refractivity contribution is 5.98. The lowest BCUT2D eigenvalue weighted by Gasteiger charge is -2.27. The van der Waals surface area contributed by atoms with E-state index in [-0.39, 0.29) is 51.0 Å². The molecule has 8 rings (SSSR count). The first-order chi connectivity index (χ1) is 37.3. The monoisotopic (exact) mass is 1050 g/mol. The summed E-state index contributed by atoms with van der Waals surface area (Å²) in [7, 11) is 0. The topological polar surface area (TPSA) is 362 Å². The number of carbonyl (C=O) groups excluding carboxylic acids is 5. The Bertz CT molecular complexity index is 3390. The summed E-state index contributed by atoms with van der Waals surface area (Å²) in [6.45, 7) is 0.521. The molecule has 5 amide bonds. The van der Waals surface area contributed by atoms with E-state index in [9.17, 15) is 29.1 Å². The zero-order chi connectivity index (χ0) is 54.4. The minimum atomic E-state index is -1.40. The molecule has 4 heterocycles. The average Bonchev–Trinajstić information content (AvgIpc) is 4.25. The van der Waals surface area contributed by atoms with Crippen molar-refractivity contribution in [2.75, 3.05) is 13.1 Å². The van der Waals surface area contributed by atoms with Gasteiger partial charge in [-0.25, -0.2) is 4.79 Å². The Hall–Kier alpha value is -8.95. The van der Waals surface area contributed by atoms with Crippen LogP contribution in [0.5, 0.6) is 0 Å². The van der Waals surface area contributed by atoms with Gasteiger partial charge in [0.05, 0.1) is 6.04 Å². The number of aromatic amines is 4. The molecule has 8 aromatic rings. The van der Waals surface area contributed by atoms with Gasteiger partial charge < -0.3 is 74.6 Å². The molecule has 0 radical (unpaired) electrons. The number of aliphatic imine (C=N–C) groups is 1. The van der Waals surface area contributed by atoms with Crippen molar-refractivity contribution in [2.45, 2.75) is 94.0 Å². The molecule has 402 valence electrons. The van der Waals surface area contributed by atoms with E-state index in [1.54, 1.807) is 24.8 Å². The number of para-hydroxylation sites is 4. The number of guanidine groups is 1. The first-order valence-corrected chi connectivity index (χ1v) is 25.7. The Morgan fingerprint density at radius 3 is 1.17 bits per heavy atom. The summed E-state index contributed by atoms with van der Waals surface area (Å²) in [5.41, 5.74) is 29.1. The molecular formula is C56H66N14O7. The number of aromatic nitrogens is 4. The third kappa shape index (κ3) is 13.9. The van der Waals surface area contributed by atoms with E-state index < -0.39 is 71.8 Å². The van der Waals surface area contributed by atoms with Crippen molar-refractivity contribution in [2.24, 2.45) is 27.9 Å². The second-order valence-corrected chi connectivity index (χ2v) is 19.2. The van der Waals surface area contributed by atoms with Crippen LogP contribution in [0, 0.1) is 0 Å². The van der Waals surface area contributed by atoms with Crippen molar-refractivity contribution in [1.82, 2.24) is 46.5 Å². The SMILES string of the molecule is NCCCC[C@H](N)C(=O)N[C@@H](Cc1c[nH]c2ccccc12)C(=O)N[C@@H](Cc1c[nH]c2ccccc12)C(=O)N[C@@H](Cc1c[nH]c2ccccc12)C(=O)N[C@@H](CCCN=C(N)N)C(=O)N[C@@H](Cc1c[nH]c2ccccc12)C(=O)O. The molecule has 0 aliphatic carbocycles. The van der Waals surface area contributed by atoms with Crippen molar-refractivity contribution < 1.29 is 33.9 Å². The Morgan fingerprint density at radius 1 is 0.455 bits per heavy atom. The summed E-state index contributed by atoms with van der Waals surface area (Å²) in [6.07, 6.45) is 8.50. The number of benzene rings is 4. The number of carboxylic acid groups (broad SMARTS) is 1. The molecule has 0 saturated carbocycles. The number of hydrogen-bond acceptors (Lipinski definition) is 9. The van der Waals surface area contributed by atoms with E-state index in [0.29, 0.717) is 42.5 Å². The van der Waals surface area contributed by atoms with Gasteiger partial charge in [-0.2, -0.15) is 0 Å². The summed E-state index contributed by atoms with van der Waals surface area (Å²) in [4.78, 5) is 103.